The average molecular weight is 156 g/mol. The molecule has 1 aliphatic heterocycles. The van der Waals surface area contributed by atoms with E-state index in [9.17, 15) is 0 Å². The minimum absolute atomic E-state index is 0.649. The largest absolute Gasteiger partial charge is 0.0693 e. The molecule has 1 aliphatic rings. The molecule has 0 saturated carbocycles. The smallest absolute Gasteiger partial charge is 0.0473 e. The van der Waals surface area contributed by atoms with Gasteiger partial charge in [0, 0.05) is 8.07 Å². The highest BCUT2D eigenvalue weighted by atomic mass is 28.3. The first-order valence-corrected chi connectivity index (χ1v) is 8.05. The van der Waals surface area contributed by atoms with Crippen molar-refractivity contribution in [3.05, 3.63) is 0 Å². The molecule has 0 unspecified atom stereocenters. The summed E-state index contributed by atoms with van der Waals surface area (Å²) < 4.78 is 0. The van der Waals surface area contributed by atoms with Gasteiger partial charge in [0.2, 0.25) is 0 Å². The van der Waals surface area contributed by atoms with Crippen molar-refractivity contribution in [2.75, 3.05) is 0 Å². The van der Waals surface area contributed by atoms with Crippen molar-refractivity contribution >= 4 is 8.07 Å². The second-order valence-corrected chi connectivity index (χ2v) is 9.84. The Labute approximate surface area is 66.0 Å². The van der Waals surface area contributed by atoms with Gasteiger partial charge in [-0.1, -0.05) is 51.4 Å². The lowest BCUT2D eigenvalue weighted by molar-refractivity contribution is 0.453. The van der Waals surface area contributed by atoms with Crippen molar-refractivity contribution in [2.45, 2.75) is 51.4 Å². The molecule has 1 fully saturated rings. The molecule has 0 nitrogen and oxygen atoms in total. The molecule has 0 N–H and O–H groups in total. The summed E-state index contributed by atoms with van der Waals surface area (Å²) in [5, 5.41) is 0. The summed E-state index contributed by atoms with van der Waals surface area (Å²) in [6.07, 6.45) is 4.50. The van der Waals surface area contributed by atoms with Crippen LogP contribution in [0, 0.1) is 5.92 Å². The van der Waals surface area contributed by atoms with E-state index in [-0.39, 0.29) is 0 Å². The van der Waals surface area contributed by atoms with Gasteiger partial charge in [0.05, 0.1) is 0 Å². The van der Waals surface area contributed by atoms with Crippen LogP contribution in [-0.4, -0.2) is 8.07 Å². The quantitative estimate of drug-likeness (QED) is 0.510. The van der Waals surface area contributed by atoms with Crippen LogP contribution in [0.15, 0.2) is 0 Å². The van der Waals surface area contributed by atoms with Crippen LogP contribution in [0.2, 0.25) is 25.2 Å². The number of hydrogen-bond donors (Lipinski definition) is 0. The molecule has 0 bridgehead atoms. The monoisotopic (exact) mass is 156 g/mol. The Morgan fingerprint density at radius 2 is 1.70 bits per heavy atom. The molecule has 0 aromatic heterocycles. The molecule has 0 aliphatic carbocycles. The zero-order chi connectivity index (χ0) is 7.61. The second-order valence-electron chi connectivity index (χ2n) is 4.52. The van der Waals surface area contributed by atoms with Crippen LogP contribution >= 0.6 is 0 Å². The Morgan fingerprint density at radius 3 is 2.10 bits per heavy atom. The minimum Gasteiger partial charge on any atom is -0.0693 e. The van der Waals surface area contributed by atoms with E-state index in [4.69, 9.17) is 0 Å². The van der Waals surface area contributed by atoms with Crippen LogP contribution in [-0.2, 0) is 0 Å². The van der Waals surface area contributed by atoms with Gasteiger partial charge in [0.1, 0.15) is 0 Å². The van der Waals surface area contributed by atoms with E-state index in [0.29, 0.717) is 0 Å². The lowest BCUT2D eigenvalue weighted by atomic mass is 10.0. The fourth-order valence-electron chi connectivity index (χ4n) is 1.87. The molecular formula is C9H20Si. The summed E-state index contributed by atoms with van der Waals surface area (Å²) in [7, 11) is -0.649. The van der Waals surface area contributed by atoms with E-state index in [1.54, 1.807) is 12.1 Å². The van der Waals surface area contributed by atoms with Gasteiger partial charge in [-0.3, -0.25) is 0 Å². The van der Waals surface area contributed by atoms with Crippen LogP contribution < -0.4 is 0 Å². The summed E-state index contributed by atoms with van der Waals surface area (Å²) in [6.45, 7) is 7.42. The van der Waals surface area contributed by atoms with Gasteiger partial charge < -0.3 is 0 Å². The van der Waals surface area contributed by atoms with E-state index < -0.39 is 8.07 Å². The maximum Gasteiger partial charge on any atom is 0.0473 e. The summed E-state index contributed by atoms with van der Waals surface area (Å²) in [5.41, 5.74) is 0. The van der Waals surface area contributed by atoms with Crippen molar-refractivity contribution in [1.82, 2.24) is 0 Å². The summed E-state index contributed by atoms with van der Waals surface area (Å²) >= 11 is 0. The van der Waals surface area contributed by atoms with Crippen LogP contribution in [0.5, 0.6) is 0 Å². The molecule has 1 saturated heterocycles. The van der Waals surface area contributed by atoms with Crippen molar-refractivity contribution < 1.29 is 0 Å². The predicted octanol–water partition coefficient (Wildman–Crippen LogP) is 3.51. The summed E-state index contributed by atoms with van der Waals surface area (Å²) in [4.78, 5) is 0. The van der Waals surface area contributed by atoms with Gasteiger partial charge in [-0.25, -0.2) is 0 Å². The van der Waals surface area contributed by atoms with Crippen LogP contribution in [0.4, 0.5) is 0 Å². The third-order valence-electron chi connectivity index (χ3n) is 3.04. The maximum atomic E-state index is 2.54. The molecule has 1 heteroatoms. The highest BCUT2D eigenvalue weighted by molar-refractivity contribution is 6.77. The van der Waals surface area contributed by atoms with Crippen LogP contribution in [0.25, 0.3) is 0 Å². The second kappa shape index (κ2) is 3.08. The topological polar surface area (TPSA) is 0 Å². The predicted molar refractivity (Wildman–Crippen MR) is 50.1 cm³/mol. The van der Waals surface area contributed by atoms with Crippen molar-refractivity contribution in [3.8, 4) is 0 Å². The molecular weight excluding hydrogens is 136 g/mol. The van der Waals surface area contributed by atoms with E-state index in [0.717, 1.165) is 5.92 Å². The first-order chi connectivity index (χ1) is 4.64. The first-order valence-electron chi connectivity index (χ1n) is 4.64. The molecule has 0 aromatic rings. The first kappa shape index (κ1) is 8.31. The fourth-order valence-corrected chi connectivity index (χ4v) is 4.50. The standard InChI is InChI=1S/C9H20Si/c1-4-9-5-7-10(2,3)8-6-9/h9H,4-8H2,1-3H3. The van der Waals surface area contributed by atoms with E-state index in [1.807, 2.05) is 0 Å². The summed E-state index contributed by atoms with van der Waals surface area (Å²) in [6, 6.07) is 3.18. The van der Waals surface area contributed by atoms with E-state index in [1.165, 1.54) is 19.3 Å². The zero-order valence-corrected chi connectivity index (χ0v) is 8.61. The van der Waals surface area contributed by atoms with E-state index in [2.05, 4.69) is 20.0 Å². The summed E-state index contributed by atoms with van der Waals surface area (Å²) in [5.74, 6) is 1.08. The Kier molecular flexibility index (Phi) is 2.56. The Balaban J connectivity index is 2.31. The third-order valence-corrected chi connectivity index (χ3v) is 6.32. The molecule has 0 radical (unpaired) electrons. The van der Waals surface area contributed by atoms with Gasteiger partial charge in [0.15, 0.2) is 0 Å². The van der Waals surface area contributed by atoms with Crippen molar-refractivity contribution in [3.63, 3.8) is 0 Å². The molecule has 0 atom stereocenters. The molecule has 1 heterocycles. The molecule has 60 valence electrons. The molecule has 1 rings (SSSR count). The van der Waals surface area contributed by atoms with Crippen molar-refractivity contribution in [2.24, 2.45) is 5.92 Å². The third kappa shape index (κ3) is 2.12. The van der Waals surface area contributed by atoms with Crippen LogP contribution in [0.3, 0.4) is 0 Å². The molecule has 0 aromatic carbocycles. The average Bonchev–Trinajstić information content (AvgIpc) is 1.88. The van der Waals surface area contributed by atoms with Crippen LogP contribution in [0.1, 0.15) is 26.2 Å². The Hall–Kier alpha value is 0.217. The lowest BCUT2D eigenvalue weighted by Gasteiger charge is -2.32. The van der Waals surface area contributed by atoms with E-state index >= 15 is 0 Å². The number of hydrogen-bond acceptors (Lipinski definition) is 0. The normalized spacial score (nSPS) is 26.7. The van der Waals surface area contributed by atoms with Gasteiger partial charge in [-0.05, 0) is 5.92 Å². The lowest BCUT2D eigenvalue weighted by Crippen LogP contribution is -2.30. The van der Waals surface area contributed by atoms with Gasteiger partial charge in [-0.2, -0.15) is 0 Å². The highest BCUT2D eigenvalue weighted by Gasteiger charge is 2.27. The molecule has 0 amide bonds. The zero-order valence-electron chi connectivity index (χ0n) is 7.61. The van der Waals surface area contributed by atoms with Gasteiger partial charge in [0.25, 0.3) is 0 Å². The van der Waals surface area contributed by atoms with Gasteiger partial charge >= 0.3 is 0 Å². The number of rotatable bonds is 1. The molecule has 10 heavy (non-hydrogen) atoms. The SMILES string of the molecule is CCC1CC[Si](C)(C)CC1. The Morgan fingerprint density at radius 1 is 1.20 bits per heavy atom. The van der Waals surface area contributed by atoms with Crippen molar-refractivity contribution in [1.29, 1.82) is 0 Å². The fraction of sp³-hybridized carbons (Fsp3) is 1.00. The highest BCUT2D eigenvalue weighted by Crippen LogP contribution is 2.33. The Bertz CT molecular complexity index is 97.3. The van der Waals surface area contributed by atoms with Gasteiger partial charge in [-0.15, -0.1) is 0 Å². The maximum absolute atomic E-state index is 2.54. The minimum atomic E-state index is -0.649. The molecule has 0 spiro atoms.